The topological polar surface area (TPSA) is 88.3 Å². The van der Waals surface area contributed by atoms with Gasteiger partial charge in [0.1, 0.15) is 0 Å². The molecule has 1 amide bonds. The van der Waals surface area contributed by atoms with Gasteiger partial charge in [0.25, 0.3) is 5.56 Å². The lowest BCUT2D eigenvalue weighted by Crippen LogP contribution is -2.11. The molecule has 2 N–H and O–H groups in total. The Morgan fingerprint density at radius 1 is 1.15 bits per heavy atom. The summed E-state index contributed by atoms with van der Waals surface area (Å²) in [5.74, 6) is -0.631. The number of hydrogen-bond acceptors (Lipinski definition) is 4. The number of ether oxygens (including phenoxy) is 1. The minimum absolute atomic E-state index is 0.0284. The van der Waals surface area contributed by atoms with Crippen molar-refractivity contribution in [1.29, 1.82) is 0 Å². The lowest BCUT2D eigenvalue weighted by atomic mass is 10.1. The van der Waals surface area contributed by atoms with E-state index in [1.165, 1.54) is 31.4 Å². The first-order chi connectivity index (χ1) is 13.0. The van der Waals surface area contributed by atoms with Gasteiger partial charge >= 0.3 is 0 Å². The first-order valence-corrected chi connectivity index (χ1v) is 8.35. The molecule has 6 nitrogen and oxygen atoms in total. The number of aromatic amines is 1. The Kier molecular flexibility index (Phi) is 5.38. The maximum absolute atomic E-state index is 12.9. The quantitative estimate of drug-likeness (QED) is 0.678. The van der Waals surface area contributed by atoms with Gasteiger partial charge in [-0.15, -0.1) is 0 Å². The smallest absolute Gasteiger partial charge is 0.291 e. The molecule has 0 aliphatic rings. The molecule has 0 unspecified atom stereocenters. The van der Waals surface area contributed by atoms with Crippen molar-refractivity contribution in [3.8, 4) is 5.75 Å². The van der Waals surface area contributed by atoms with E-state index in [0.29, 0.717) is 10.7 Å². The summed E-state index contributed by atoms with van der Waals surface area (Å²) in [6.45, 7) is 0. The summed E-state index contributed by atoms with van der Waals surface area (Å²) in [5, 5.41) is 3.29. The molecule has 0 fully saturated rings. The van der Waals surface area contributed by atoms with Gasteiger partial charge in [-0.3, -0.25) is 14.4 Å². The zero-order chi connectivity index (χ0) is 19.4. The van der Waals surface area contributed by atoms with Gasteiger partial charge in [0.05, 0.1) is 18.2 Å². The summed E-state index contributed by atoms with van der Waals surface area (Å²) < 4.78 is 5.11. The molecule has 0 spiro atoms. The third-order valence-corrected chi connectivity index (χ3v) is 4.05. The Morgan fingerprint density at radius 2 is 1.89 bits per heavy atom. The van der Waals surface area contributed by atoms with Crippen LogP contribution >= 0.6 is 11.6 Å². The van der Waals surface area contributed by atoms with Crippen LogP contribution in [0.3, 0.4) is 0 Å². The van der Waals surface area contributed by atoms with Gasteiger partial charge < -0.3 is 15.0 Å². The van der Waals surface area contributed by atoms with E-state index in [-0.39, 0.29) is 22.2 Å². The Hall–Kier alpha value is -3.38. The predicted molar refractivity (Wildman–Crippen MR) is 107 cm³/mol. The number of hydrogen-bond donors (Lipinski definition) is 2. The number of aromatic nitrogens is 1. The highest BCUT2D eigenvalue weighted by atomic mass is 35.5. The molecule has 1 aromatic heterocycles. The SMILES string of the molecule is COc1c(C=CC(=O)Nc2ccccc2)c(=O)c2ccc(Cl)cc2[nH]c1=O. The average molecular weight is 383 g/mol. The summed E-state index contributed by atoms with van der Waals surface area (Å²) in [5.41, 5.74) is -0.197. The highest BCUT2D eigenvalue weighted by Crippen LogP contribution is 2.17. The van der Waals surface area contributed by atoms with Gasteiger partial charge in [0.15, 0.2) is 11.2 Å². The van der Waals surface area contributed by atoms with Crippen molar-refractivity contribution in [2.75, 3.05) is 12.4 Å². The number of nitrogens with one attached hydrogen (secondary N) is 2. The average Bonchev–Trinajstić information content (AvgIpc) is 2.74. The summed E-state index contributed by atoms with van der Waals surface area (Å²) in [6.07, 6.45) is 2.44. The second kappa shape index (κ2) is 7.88. The number of benzene rings is 2. The lowest BCUT2D eigenvalue weighted by molar-refractivity contribution is -0.111. The second-order valence-electron chi connectivity index (χ2n) is 5.61. The van der Waals surface area contributed by atoms with Gasteiger partial charge in [-0.25, -0.2) is 0 Å². The van der Waals surface area contributed by atoms with E-state index in [2.05, 4.69) is 10.3 Å². The number of para-hydroxylation sites is 1. The number of fused-ring (bicyclic) bond motifs is 1. The Morgan fingerprint density at radius 3 is 2.59 bits per heavy atom. The highest BCUT2D eigenvalue weighted by Gasteiger charge is 2.12. The van der Waals surface area contributed by atoms with E-state index in [1.807, 2.05) is 6.07 Å². The minimum Gasteiger partial charge on any atom is -0.491 e. The fraction of sp³-hybridized carbons (Fsp3) is 0.0500. The van der Waals surface area contributed by atoms with Crippen LogP contribution in [0.2, 0.25) is 5.02 Å². The standard InChI is InChI=1S/C20H15ClN2O4/c1-27-19-15(9-10-17(24)22-13-5-3-2-4-6-13)18(25)14-8-7-12(21)11-16(14)23-20(19)26/h2-11H,1H3,(H,22,24)(H,23,26). The van der Waals surface area contributed by atoms with Crippen LogP contribution in [0.15, 0.2) is 64.2 Å². The van der Waals surface area contributed by atoms with E-state index in [1.54, 1.807) is 30.3 Å². The van der Waals surface area contributed by atoms with Gasteiger partial charge in [-0.2, -0.15) is 0 Å². The van der Waals surface area contributed by atoms with Crippen LogP contribution in [0, 0.1) is 0 Å². The normalized spacial score (nSPS) is 10.9. The molecule has 27 heavy (non-hydrogen) atoms. The van der Waals surface area contributed by atoms with Crippen LogP contribution in [-0.2, 0) is 4.79 Å². The molecule has 2 aromatic carbocycles. The number of halogens is 1. The van der Waals surface area contributed by atoms with Crippen molar-refractivity contribution < 1.29 is 9.53 Å². The fourth-order valence-electron chi connectivity index (χ4n) is 2.59. The maximum Gasteiger partial charge on any atom is 0.291 e. The van der Waals surface area contributed by atoms with Crippen LogP contribution < -0.4 is 21.0 Å². The van der Waals surface area contributed by atoms with Crippen LogP contribution in [0.25, 0.3) is 17.0 Å². The first-order valence-electron chi connectivity index (χ1n) is 7.97. The number of carbonyl (C=O) groups excluding carboxylic acids is 1. The van der Waals surface area contributed by atoms with E-state index in [9.17, 15) is 14.4 Å². The molecule has 0 aliphatic heterocycles. The monoisotopic (exact) mass is 382 g/mol. The van der Waals surface area contributed by atoms with Gasteiger partial charge in [-0.1, -0.05) is 29.8 Å². The van der Waals surface area contributed by atoms with Crippen molar-refractivity contribution in [3.05, 3.63) is 85.8 Å². The predicted octanol–water partition coefficient (Wildman–Crippen LogP) is 3.20. The molecule has 0 atom stereocenters. The van der Waals surface area contributed by atoms with Crippen LogP contribution in [0.1, 0.15) is 5.56 Å². The molecule has 3 rings (SSSR count). The van der Waals surface area contributed by atoms with E-state index in [0.717, 1.165) is 0 Å². The second-order valence-corrected chi connectivity index (χ2v) is 6.05. The summed E-state index contributed by atoms with van der Waals surface area (Å²) in [4.78, 5) is 40.0. The number of rotatable bonds is 4. The molecule has 3 aromatic rings. The molecule has 0 saturated carbocycles. The highest BCUT2D eigenvalue weighted by molar-refractivity contribution is 6.31. The molecular formula is C20H15ClN2O4. The summed E-state index contributed by atoms with van der Waals surface area (Å²) >= 11 is 5.94. The molecule has 0 aliphatic carbocycles. The minimum atomic E-state index is -0.602. The first kappa shape index (κ1) is 18.4. The van der Waals surface area contributed by atoms with Crippen molar-refractivity contribution in [1.82, 2.24) is 4.98 Å². The Bertz CT molecular complexity index is 1150. The van der Waals surface area contributed by atoms with Crippen molar-refractivity contribution in [2.24, 2.45) is 0 Å². The van der Waals surface area contributed by atoms with Gasteiger partial charge in [0, 0.05) is 22.2 Å². The number of H-pyrrole nitrogens is 1. The van der Waals surface area contributed by atoms with Crippen molar-refractivity contribution in [3.63, 3.8) is 0 Å². The zero-order valence-corrected chi connectivity index (χ0v) is 15.0. The zero-order valence-electron chi connectivity index (χ0n) is 14.3. The molecule has 0 radical (unpaired) electrons. The maximum atomic E-state index is 12.9. The number of carbonyl (C=O) groups is 1. The lowest BCUT2D eigenvalue weighted by Gasteiger charge is -2.01. The van der Waals surface area contributed by atoms with E-state index >= 15 is 0 Å². The molecule has 1 heterocycles. The number of methoxy groups -OCH3 is 1. The molecule has 0 bridgehead atoms. The number of amides is 1. The van der Waals surface area contributed by atoms with Crippen molar-refractivity contribution >= 4 is 40.2 Å². The third kappa shape index (κ3) is 4.07. The molecule has 7 heteroatoms. The van der Waals surface area contributed by atoms with Crippen LogP contribution in [-0.4, -0.2) is 18.0 Å². The Balaban J connectivity index is 2.09. The summed E-state index contributed by atoms with van der Waals surface area (Å²) in [6, 6.07) is 13.4. The number of anilines is 1. The summed E-state index contributed by atoms with van der Waals surface area (Å²) in [7, 11) is 1.28. The van der Waals surface area contributed by atoms with E-state index < -0.39 is 16.9 Å². The third-order valence-electron chi connectivity index (χ3n) is 3.82. The Labute approximate surface area is 159 Å². The largest absolute Gasteiger partial charge is 0.491 e. The fourth-order valence-corrected chi connectivity index (χ4v) is 2.76. The van der Waals surface area contributed by atoms with Crippen molar-refractivity contribution in [2.45, 2.75) is 0 Å². The molecule has 136 valence electrons. The van der Waals surface area contributed by atoms with E-state index in [4.69, 9.17) is 16.3 Å². The van der Waals surface area contributed by atoms with Crippen LogP contribution in [0.4, 0.5) is 5.69 Å². The molecular weight excluding hydrogens is 368 g/mol. The van der Waals surface area contributed by atoms with Gasteiger partial charge in [0.2, 0.25) is 5.91 Å². The van der Waals surface area contributed by atoms with Crippen LogP contribution in [0.5, 0.6) is 5.75 Å². The van der Waals surface area contributed by atoms with Gasteiger partial charge in [-0.05, 0) is 36.4 Å². The molecule has 0 saturated heterocycles.